The maximum Gasteiger partial charge on any atom is 0.119 e. The summed E-state index contributed by atoms with van der Waals surface area (Å²) < 4.78 is 5.46. The van der Waals surface area contributed by atoms with Gasteiger partial charge in [0.2, 0.25) is 0 Å². The van der Waals surface area contributed by atoms with Crippen LogP contribution in [0.4, 0.5) is 0 Å². The summed E-state index contributed by atoms with van der Waals surface area (Å²) in [6.45, 7) is 2.71. The van der Waals surface area contributed by atoms with Gasteiger partial charge in [-0.2, -0.15) is 0 Å². The Morgan fingerprint density at radius 3 is 2.81 bits per heavy atom. The normalized spacial score (nSPS) is 16.4. The van der Waals surface area contributed by atoms with Crippen LogP contribution in [0.5, 0.6) is 5.75 Å². The highest BCUT2D eigenvalue weighted by atomic mass is 35.5. The average molecular weight is 242 g/mol. The Morgan fingerprint density at radius 2 is 2.19 bits per heavy atom. The number of ether oxygens (including phenoxy) is 1. The molecule has 1 saturated carbocycles. The minimum atomic E-state index is 0. The molecule has 2 N–H and O–H groups in total. The zero-order valence-corrected chi connectivity index (χ0v) is 10.5. The molecule has 1 aliphatic carbocycles. The van der Waals surface area contributed by atoms with Crippen LogP contribution < -0.4 is 10.5 Å². The highest BCUT2D eigenvalue weighted by Crippen LogP contribution is 2.37. The van der Waals surface area contributed by atoms with Crippen molar-refractivity contribution in [2.45, 2.75) is 32.2 Å². The van der Waals surface area contributed by atoms with E-state index in [0.29, 0.717) is 6.61 Å². The maximum atomic E-state index is 6.15. The minimum absolute atomic E-state index is 0. The predicted octanol–water partition coefficient (Wildman–Crippen LogP) is 3.31. The van der Waals surface area contributed by atoms with E-state index in [1.54, 1.807) is 0 Å². The Bertz CT molecular complexity index is 325. The van der Waals surface area contributed by atoms with Crippen molar-refractivity contribution >= 4 is 12.4 Å². The van der Waals surface area contributed by atoms with Crippen molar-refractivity contribution in [3.8, 4) is 5.75 Å². The molecule has 2 nitrogen and oxygen atoms in total. The third-order valence-electron chi connectivity index (χ3n) is 2.88. The first kappa shape index (κ1) is 13.3. The largest absolute Gasteiger partial charge is 0.494 e. The van der Waals surface area contributed by atoms with E-state index in [1.807, 2.05) is 19.1 Å². The molecular weight excluding hydrogens is 222 g/mol. The number of rotatable bonds is 5. The lowest BCUT2D eigenvalue weighted by atomic mass is 10.0. The monoisotopic (exact) mass is 241 g/mol. The number of hydrogen-bond donors (Lipinski definition) is 1. The fraction of sp³-hybridized carbons (Fsp3) is 0.538. The Balaban J connectivity index is 0.00000128. The SMILES string of the molecule is CCOc1cccc([C@H](N)CC2CC2)c1.Cl. The molecule has 0 aromatic heterocycles. The molecule has 16 heavy (non-hydrogen) atoms. The van der Waals surface area contributed by atoms with Gasteiger partial charge in [-0.15, -0.1) is 12.4 Å². The smallest absolute Gasteiger partial charge is 0.119 e. The number of nitrogens with two attached hydrogens (primary N) is 1. The molecule has 0 heterocycles. The molecule has 1 aromatic rings. The first-order chi connectivity index (χ1) is 7.29. The van der Waals surface area contributed by atoms with E-state index in [2.05, 4.69) is 12.1 Å². The zero-order chi connectivity index (χ0) is 10.7. The molecule has 1 aliphatic rings. The van der Waals surface area contributed by atoms with Gasteiger partial charge in [0.05, 0.1) is 6.61 Å². The van der Waals surface area contributed by atoms with Crippen LogP contribution in [0.1, 0.15) is 37.8 Å². The third kappa shape index (κ3) is 3.69. The zero-order valence-electron chi connectivity index (χ0n) is 9.69. The van der Waals surface area contributed by atoms with Gasteiger partial charge in [-0.3, -0.25) is 0 Å². The number of halogens is 1. The quantitative estimate of drug-likeness (QED) is 0.859. The summed E-state index contributed by atoms with van der Waals surface area (Å²) in [6.07, 6.45) is 3.84. The summed E-state index contributed by atoms with van der Waals surface area (Å²) >= 11 is 0. The molecule has 0 saturated heterocycles. The van der Waals surface area contributed by atoms with Crippen LogP contribution in [0.15, 0.2) is 24.3 Å². The van der Waals surface area contributed by atoms with Crippen molar-refractivity contribution in [3.05, 3.63) is 29.8 Å². The van der Waals surface area contributed by atoms with E-state index < -0.39 is 0 Å². The third-order valence-corrected chi connectivity index (χ3v) is 2.88. The van der Waals surface area contributed by atoms with Gasteiger partial charge >= 0.3 is 0 Å². The average Bonchev–Trinajstić information content (AvgIpc) is 3.03. The Hall–Kier alpha value is -0.730. The van der Waals surface area contributed by atoms with Crippen molar-refractivity contribution in [3.63, 3.8) is 0 Å². The first-order valence-corrected chi connectivity index (χ1v) is 5.78. The van der Waals surface area contributed by atoms with Crippen molar-refractivity contribution in [1.29, 1.82) is 0 Å². The molecule has 90 valence electrons. The van der Waals surface area contributed by atoms with Gasteiger partial charge in [0, 0.05) is 6.04 Å². The van der Waals surface area contributed by atoms with E-state index in [4.69, 9.17) is 10.5 Å². The Morgan fingerprint density at radius 1 is 1.44 bits per heavy atom. The number of hydrogen-bond acceptors (Lipinski definition) is 2. The summed E-state index contributed by atoms with van der Waals surface area (Å²) in [5, 5.41) is 0. The standard InChI is InChI=1S/C13H19NO.ClH/c1-2-15-12-5-3-4-11(9-12)13(14)8-10-6-7-10;/h3-5,9-10,13H,2,6-8,14H2,1H3;1H/t13-;/m1./s1. The summed E-state index contributed by atoms with van der Waals surface area (Å²) in [5.74, 6) is 1.80. The van der Waals surface area contributed by atoms with Gasteiger partial charge in [-0.25, -0.2) is 0 Å². The van der Waals surface area contributed by atoms with Crippen LogP contribution in [0.3, 0.4) is 0 Å². The van der Waals surface area contributed by atoms with Crippen molar-refractivity contribution in [1.82, 2.24) is 0 Å². The summed E-state index contributed by atoms with van der Waals surface area (Å²) in [6, 6.07) is 8.34. The molecular formula is C13H20ClNO. The van der Waals surface area contributed by atoms with E-state index in [0.717, 1.165) is 18.1 Å². The van der Waals surface area contributed by atoms with E-state index in [1.165, 1.54) is 18.4 Å². The fourth-order valence-electron chi connectivity index (χ4n) is 1.85. The molecule has 1 fully saturated rings. The molecule has 0 spiro atoms. The Labute approximate surface area is 104 Å². The van der Waals surface area contributed by atoms with E-state index >= 15 is 0 Å². The van der Waals surface area contributed by atoms with Gasteiger partial charge in [0.1, 0.15) is 5.75 Å². The molecule has 1 atom stereocenters. The highest BCUT2D eigenvalue weighted by molar-refractivity contribution is 5.85. The molecule has 0 bridgehead atoms. The van der Waals surface area contributed by atoms with Crippen molar-refractivity contribution < 1.29 is 4.74 Å². The summed E-state index contributed by atoms with van der Waals surface area (Å²) in [5.41, 5.74) is 7.35. The Kier molecular flexibility index (Phi) is 5.10. The summed E-state index contributed by atoms with van der Waals surface area (Å²) in [4.78, 5) is 0. The van der Waals surface area contributed by atoms with E-state index in [-0.39, 0.29) is 18.4 Å². The van der Waals surface area contributed by atoms with Crippen LogP contribution in [0.2, 0.25) is 0 Å². The lowest BCUT2D eigenvalue weighted by Crippen LogP contribution is -2.11. The van der Waals surface area contributed by atoms with Crippen molar-refractivity contribution in [2.24, 2.45) is 11.7 Å². The molecule has 0 radical (unpaired) electrons. The van der Waals surface area contributed by atoms with Crippen LogP contribution >= 0.6 is 12.4 Å². The number of benzene rings is 1. The molecule has 1 aromatic carbocycles. The van der Waals surface area contributed by atoms with Gasteiger partial charge in [0.15, 0.2) is 0 Å². The van der Waals surface area contributed by atoms with Gasteiger partial charge < -0.3 is 10.5 Å². The minimum Gasteiger partial charge on any atom is -0.494 e. The topological polar surface area (TPSA) is 35.2 Å². The second kappa shape index (κ2) is 6.12. The second-order valence-electron chi connectivity index (χ2n) is 4.29. The lowest BCUT2D eigenvalue weighted by Gasteiger charge is -2.12. The molecule has 3 heteroatoms. The van der Waals surface area contributed by atoms with Crippen molar-refractivity contribution in [2.75, 3.05) is 6.61 Å². The van der Waals surface area contributed by atoms with Crippen LogP contribution in [0, 0.1) is 5.92 Å². The van der Waals surface area contributed by atoms with Gasteiger partial charge in [-0.05, 0) is 37.0 Å². The van der Waals surface area contributed by atoms with Gasteiger partial charge in [-0.1, -0.05) is 25.0 Å². The van der Waals surface area contributed by atoms with Crippen LogP contribution in [-0.2, 0) is 0 Å². The first-order valence-electron chi connectivity index (χ1n) is 5.78. The highest BCUT2D eigenvalue weighted by Gasteiger charge is 2.24. The molecule has 2 rings (SSSR count). The van der Waals surface area contributed by atoms with E-state index in [9.17, 15) is 0 Å². The van der Waals surface area contributed by atoms with Crippen LogP contribution in [0.25, 0.3) is 0 Å². The van der Waals surface area contributed by atoms with Gasteiger partial charge in [0.25, 0.3) is 0 Å². The summed E-state index contributed by atoms with van der Waals surface area (Å²) in [7, 11) is 0. The molecule has 0 aliphatic heterocycles. The predicted molar refractivity (Wildman–Crippen MR) is 69.1 cm³/mol. The molecule has 0 unspecified atom stereocenters. The fourth-order valence-corrected chi connectivity index (χ4v) is 1.85. The maximum absolute atomic E-state index is 6.15. The lowest BCUT2D eigenvalue weighted by molar-refractivity contribution is 0.339. The molecule has 0 amide bonds. The second-order valence-corrected chi connectivity index (χ2v) is 4.29. The van der Waals surface area contributed by atoms with Crippen LogP contribution in [-0.4, -0.2) is 6.61 Å².